The average molecular weight is 422 g/mol. The topological polar surface area (TPSA) is 59.8 Å². The molecule has 1 N–H and O–H groups in total. The third-order valence-electron chi connectivity index (χ3n) is 4.79. The second-order valence-corrected chi connectivity index (χ2v) is 6.86. The van der Waals surface area contributed by atoms with Gasteiger partial charge in [-0.1, -0.05) is 6.07 Å². The minimum atomic E-state index is -0.790. The fourth-order valence-corrected chi connectivity index (χ4v) is 3.31. The van der Waals surface area contributed by atoms with E-state index in [0.717, 1.165) is 17.7 Å². The Morgan fingerprint density at radius 1 is 0.935 bits per heavy atom. The van der Waals surface area contributed by atoms with Gasteiger partial charge in [0, 0.05) is 30.6 Å². The molecule has 2 aromatic carbocycles. The second-order valence-electron chi connectivity index (χ2n) is 6.86. The molecule has 0 saturated carbocycles. The Bertz CT molecular complexity index is 1220. The van der Waals surface area contributed by atoms with Crippen LogP contribution in [0.5, 0.6) is 0 Å². The molecule has 0 fully saturated rings. The first-order chi connectivity index (χ1) is 14.9. The van der Waals surface area contributed by atoms with Crippen LogP contribution in [0.2, 0.25) is 0 Å². The number of amides is 1. The maximum atomic E-state index is 14.0. The first-order valence-electron chi connectivity index (χ1n) is 9.40. The van der Waals surface area contributed by atoms with E-state index >= 15 is 0 Å². The number of carbonyl (C=O) groups excluding carboxylic acids is 1. The van der Waals surface area contributed by atoms with Crippen molar-refractivity contribution in [1.82, 2.24) is 14.8 Å². The highest BCUT2D eigenvalue weighted by Crippen LogP contribution is 2.37. The van der Waals surface area contributed by atoms with E-state index in [1.165, 1.54) is 22.9 Å². The lowest BCUT2D eigenvalue weighted by molar-refractivity contribution is -0.115. The SMILES string of the molecule is Cn1nc(-c2ccc(F)cc2)c(-c2ccncc2)c1NC(=O)Cc1c(F)cccc1F. The maximum Gasteiger partial charge on any atom is 0.230 e. The molecule has 2 aromatic heterocycles. The van der Waals surface area contributed by atoms with Crippen LogP contribution in [-0.2, 0) is 18.3 Å². The Hall–Kier alpha value is -3.94. The van der Waals surface area contributed by atoms with Crippen LogP contribution in [0, 0.1) is 17.5 Å². The lowest BCUT2D eigenvalue weighted by Gasteiger charge is -2.10. The molecular weight excluding hydrogens is 405 g/mol. The number of hydrogen-bond acceptors (Lipinski definition) is 3. The van der Waals surface area contributed by atoms with E-state index in [4.69, 9.17) is 0 Å². The summed E-state index contributed by atoms with van der Waals surface area (Å²) in [5, 5.41) is 7.21. The van der Waals surface area contributed by atoms with E-state index < -0.39 is 24.0 Å². The van der Waals surface area contributed by atoms with Crippen LogP contribution in [0.3, 0.4) is 0 Å². The average Bonchev–Trinajstić information content (AvgIpc) is 3.08. The molecule has 5 nitrogen and oxygen atoms in total. The van der Waals surface area contributed by atoms with Gasteiger partial charge in [-0.2, -0.15) is 5.10 Å². The van der Waals surface area contributed by atoms with Crippen LogP contribution >= 0.6 is 0 Å². The van der Waals surface area contributed by atoms with Crippen molar-refractivity contribution in [3.05, 3.63) is 90.0 Å². The predicted molar refractivity (Wildman–Crippen MR) is 111 cm³/mol. The van der Waals surface area contributed by atoms with Gasteiger partial charge in [0.05, 0.1) is 12.0 Å². The summed E-state index contributed by atoms with van der Waals surface area (Å²) in [6.45, 7) is 0. The molecule has 31 heavy (non-hydrogen) atoms. The van der Waals surface area contributed by atoms with Crippen LogP contribution in [-0.4, -0.2) is 20.7 Å². The highest BCUT2D eigenvalue weighted by atomic mass is 19.1. The van der Waals surface area contributed by atoms with Gasteiger partial charge in [-0.25, -0.2) is 13.2 Å². The van der Waals surface area contributed by atoms with E-state index in [1.807, 2.05) is 0 Å². The Morgan fingerprint density at radius 3 is 2.23 bits per heavy atom. The molecule has 156 valence electrons. The molecule has 0 radical (unpaired) electrons. The van der Waals surface area contributed by atoms with Gasteiger partial charge in [0.15, 0.2) is 0 Å². The number of hydrogen-bond donors (Lipinski definition) is 1. The molecule has 8 heteroatoms. The van der Waals surface area contributed by atoms with Crippen molar-refractivity contribution in [2.75, 3.05) is 5.32 Å². The first-order valence-corrected chi connectivity index (χ1v) is 9.40. The molecule has 0 aliphatic heterocycles. The first kappa shape index (κ1) is 20.3. The van der Waals surface area contributed by atoms with E-state index in [2.05, 4.69) is 15.4 Å². The van der Waals surface area contributed by atoms with Crippen LogP contribution in [0.25, 0.3) is 22.4 Å². The minimum absolute atomic E-state index is 0.314. The van der Waals surface area contributed by atoms with Crippen molar-refractivity contribution in [3.63, 3.8) is 0 Å². The Balaban J connectivity index is 1.75. The molecule has 4 rings (SSSR count). The summed E-state index contributed by atoms with van der Waals surface area (Å²) in [6.07, 6.45) is 2.71. The van der Waals surface area contributed by atoms with Crippen molar-refractivity contribution < 1.29 is 18.0 Å². The molecular formula is C23H17F3N4O. The Labute approximate surface area is 176 Å². The van der Waals surface area contributed by atoms with Crippen LogP contribution in [0.1, 0.15) is 5.56 Å². The number of halogens is 3. The number of carbonyl (C=O) groups is 1. The van der Waals surface area contributed by atoms with E-state index in [-0.39, 0.29) is 11.4 Å². The third kappa shape index (κ3) is 4.18. The van der Waals surface area contributed by atoms with Gasteiger partial charge in [-0.15, -0.1) is 0 Å². The zero-order valence-corrected chi connectivity index (χ0v) is 16.4. The van der Waals surface area contributed by atoms with Crippen molar-refractivity contribution in [1.29, 1.82) is 0 Å². The minimum Gasteiger partial charge on any atom is -0.310 e. The molecule has 4 aromatic rings. The lowest BCUT2D eigenvalue weighted by Crippen LogP contribution is -2.18. The van der Waals surface area contributed by atoms with Gasteiger partial charge in [0.1, 0.15) is 29.0 Å². The number of nitrogens with zero attached hydrogens (tertiary/aromatic N) is 3. The molecule has 0 spiro atoms. The summed E-state index contributed by atoms with van der Waals surface area (Å²) >= 11 is 0. The lowest BCUT2D eigenvalue weighted by atomic mass is 10.0. The molecule has 1 amide bonds. The zero-order valence-electron chi connectivity index (χ0n) is 16.4. The summed E-state index contributed by atoms with van der Waals surface area (Å²) in [6, 6.07) is 12.7. The van der Waals surface area contributed by atoms with Gasteiger partial charge in [0.2, 0.25) is 5.91 Å². The summed E-state index contributed by atoms with van der Waals surface area (Å²) in [4.78, 5) is 16.7. The molecule has 0 aliphatic rings. The Kier molecular flexibility index (Phi) is 5.53. The van der Waals surface area contributed by atoms with Crippen molar-refractivity contribution >= 4 is 11.7 Å². The fourth-order valence-electron chi connectivity index (χ4n) is 3.31. The molecule has 2 heterocycles. The summed E-state index contributed by atoms with van der Waals surface area (Å²) in [5.41, 5.74) is 2.14. The Morgan fingerprint density at radius 2 is 1.58 bits per heavy atom. The fraction of sp³-hybridized carbons (Fsp3) is 0.0870. The smallest absolute Gasteiger partial charge is 0.230 e. The van der Waals surface area contributed by atoms with Gasteiger partial charge < -0.3 is 5.32 Å². The molecule has 0 saturated heterocycles. The summed E-state index contributed by atoms with van der Waals surface area (Å²) in [7, 11) is 1.64. The largest absolute Gasteiger partial charge is 0.310 e. The number of aromatic nitrogens is 3. The van der Waals surface area contributed by atoms with Gasteiger partial charge in [-0.3, -0.25) is 14.5 Å². The summed E-state index contributed by atoms with van der Waals surface area (Å²) < 4.78 is 42.8. The number of aryl methyl sites for hydroxylation is 1. The quantitative estimate of drug-likeness (QED) is 0.505. The molecule has 0 unspecified atom stereocenters. The summed E-state index contributed by atoms with van der Waals surface area (Å²) in [5.74, 6) is -2.23. The predicted octanol–water partition coefficient (Wildman–Crippen LogP) is 4.75. The molecule has 0 atom stereocenters. The third-order valence-corrected chi connectivity index (χ3v) is 4.79. The molecule has 0 bridgehead atoms. The zero-order chi connectivity index (χ0) is 22.0. The van der Waals surface area contributed by atoms with E-state index in [1.54, 1.807) is 43.7 Å². The molecule has 0 aliphatic carbocycles. The highest BCUT2D eigenvalue weighted by Gasteiger charge is 2.22. The second kappa shape index (κ2) is 8.43. The highest BCUT2D eigenvalue weighted by molar-refractivity contribution is 5.99. The maximum absolute atomic E-state index is 14.0. The van der Waals surface area contributed by atoms with Crippen molar-refractivity contribution in [2.45, 2.75) is 6.42 Å². The number of nitrogens with one attached hydrogen (secondary N) is 1. The van der Waals surface area contributed by atoms with Crippen molar-refractivity contribution in [2.24, 2.45) is 7.05 Å². The van der Waals surface area contributed by atoms with E-state index in [9.17, 15) is 18.0 Å². The van der Waals surface area contributed by atoms with Crippen molar-refractivity contribution in [3.8, 4) is 22.4 Å². The number of anilines is 1. The normalized spacial score (nSPS) is 10.8. The van der Waals surface area contributed by atoms with E-state index in [0.29, 0.717) is 22.6 Å². The standard InChI is InChI=1S/C23H17F3N4O/c1-30-23(28-20(31)13-17-18(25)3-2-4-19(17)26)21(14-9-11-27-12-10-14)22(29-30)15-5-7-16(24)8-6-15/h2-12H,13H2,1H3,(H,28,31). The van der Waals surface area contributed by atoms with Crippen LogP contribution < -0.4 is 5.32 Å². The number of pyridine rings is 1. The van der Waals surface area contributed by atoms with Gasteiger partial charge in [-0.05, 0) is 54.1 Å². The van der Waals surface area contributed by atoms with Crippen LogP contribution in [0.4, 0.5) is 19.0 Å². The van der Waals surface area contributed by atoms with Gasteiger partial charge >= 0.3 is 0 Å². The van der Waals surface area contributed by atoms with Crippen LogP contribution in [0.15, 0.2) is 67.0 Å². The monoisotopic (exact) mass is 422 g/mol. The van der Waals surface area contributed by atoms with Gasteiger partial charge in [0.25, 0.3) is 0 Å². The number of benzene rings is 2. The number of rotatable bonds is 5.